The average molecular weight is 455 g/mol. The number of aromatic nitrogens is 1. The zero-order chi connectivity index (χ0) is 24.3. The molecule has 0 amide bonds. The third-order valence-corrected chi connectivity index (χ3v) is 5.72. The molecule has 9 heteroatoms. The van der Waals surface area contributed by atoms with Gasteiger partial charge in [-0.05, 0) is 40.1 Å². The van der Waals surface area contributed by atoms with Gasteiger partial charge in [-0.2, -0.15) is 5.26 Å². The molecule has 0 saturated heterocycles. The zero-order valence-corrected chi connectivity index (χ0v) is 19.9. The molecular weight excluding hydrogens is 424 g/mol. The molecule has 0 aliphatic carbocycles. The fourth-order valence-electron chi connectivity index (χ4n) is 4.10. The molecule has 0 fully saturated rings. The number of pyridine rings is 1. The Labute approximate surface area is 193 Å². The summed E-state index contributed by atoms with van der Waals surface area (Å²) in [7, 11) is 8.53. The van der Waals surface area contributed by atoms with E-state index >= 15 is 0 Å². The van der Waals surface area contributed by atoms with Crippen LogP contribution in [0.2, 0.25) is 0 Å². The minimum absolute atomic E-state index is 0.0454. The maximum Gasteiger partial charge on any atom is 0.258 e. The Balaban J connectivity index is 2.27. The molecular formula is C24H30N4O5. The molecule has 3 rings (SSSR count). The number of nitrogens with zero attached hydrogens (tertiary/aromatic N) is 3. The van der Waals surface area contributed by atoms with E-state index in [1.54, 1.807) is 22.8 Å². The van der Waals surface area contributed by atoms with Crippen molar-refractivity contribution in [2.45, 2.75) is 25.8 Å². The third-order valence-electron chi connectivity index (χ3n) is 5.72. The van der Waals surface area contributed by atoms with E-state index in [2.05, 4.69) is 11.0 Å². The second kappa shape index (κ2) is 9.88. The summed E-state index contributed by atoms with van der Waals surface area (Å²) >= 11 is 0. The molecule has 9 nitrogen and oxygen atoms in total. The van der Waals surface area contributed by atoms with Crippen molar-refractivity contribution >= 4 is 0 Å². The molecule has 0 spiro atoms. The quantitative estimate of drug-likeness (QED) is 0.647. The summed E-state index contributed by atoms with van der Waals surface area (Å²) in [5.74, 6) is 0.837. The van der Waals surface area contributed by atoms with Gasteiger partial charge in [0, 0.05) is 29.9 Å². The number of rotatable bonds is 8. The van der Waals surface area contributed by atoms with Gasteiger partial charge in [0.05, 0.1) is 32.8 Å². The Hall–Kier alpha value is -3.64. The maximum absolute atomic E-state index is 13.7. The monoisotopic (exact) mass is 454 g/mol. The molecule has 1 unspecified atom stereocenters. The summed E-state index contributed by atoms with van der Waals surface area (Å²) in [5.41, 5.74) is 7.67. The average Bonchev–Trinajstić information content (AvgIpc) is 2.79. The van der Waals surface area contributed by atoms with Gasteiger partial charge >= 0.3 is 0 Å². The van der Waals surface area contributed by atoms with Crippen molar-refractivity contribution in [2.75, 3.05) is 42.0 Å². The highest BCUT2D eigenvalue weighted by molar-refractivity contribution is 5.61. The molecule has 1 atom stereocenters. The standard InChI is InChI=1S/C24H30N4O5/c1-14-10-20-22(24(29)28(14)9-7-8-27(2)3)21(16(13-25)23(26)33-20)15-11-18(31-5)19(32-6)12-17(15)30-4/h10-12,21H,7-9,26H2,1-6H3. The lowest BCUT2D eigenvalue weighted by molar-refractivity contribution is 0.346. The van der Waals surface area contributed by atoms with E-state index in [1.165, 1.54) is 21.3 Å². The Morgan fingerprint density at radius 1 is 1.12 bits per heavy atom. The van der Waals surface area contributed by atoms with Crippen LogP contribution in [-0.2, 0) is 6.54 Å². The van der Waals surface area contributed by atoms with Crippen molar-refractivity contribution in [3.05, 3.63) is 56.8 Å². The molecule has 1 aliphatic rings. The number of nitriles is 1. The smallest absolute Gasteiger partial charge is 0.258 e. The van der Waals surface area contributed by atoms with Crippen LogP contribution in [0, 0.1) is 18.3 Å². The SMILES string of the molecule is COc1cc(OC)c(C2C(C#N)=C(N)Oc3cc(C)n(CCCN(C)C)c(=O)c32)cc1OC. The Kier molecular flexibility index (Phi) is 7.19. The van der Waals surface area contributed by atoms with E-state index in [0.29, 0.717) is 40.7 Å². The summed E-state index contributed by atoms with van der Waals surface area (Å²) in [6, 6.07) is 7.28. The lowest BCUT2D eigenvalue weighted by Crippen LogP contribution is -2.33. The van der Waals surface area contributed by atoms with Crippen LogP contribution in [0.5, 0.6) is 23.0 Å². The van der Waals surface area contributed by atoms with Crippen LogP contribution in [0.1, 0.15) is 29.2 Å². The molecule has 0 bridgehead atoms. The van der Waals surface area contributed by atoms with E-state index in [-0.39, 0.29) is 17.0 Å². The summed E-state index contributed by atoms with van der Waals surface area (Å²) in [6.07, 6.45) is 0.792. The molecule has 176 valence electrons. The van der Waals surface area contributed by atoms with E-state index in [4.69, 9.17) is 24.7 Å². The molecule has 0 radical (unpaired) electrons. The van der Waals surface area contributed by atoms with Gasteiger partial charge in [0.1, 0.15) is 23.1 Å². The topological polar surface area (TPSA) is 112 Å². The van der Waals surface area contributed by atoms with E-state index in [0.717, 1.165) is 18.7 Å². The molecule has 0 saturated carbocycles. The summed E-state index contributed by atoms with van der Waals surface area (Å²) in [5, 5.41) is 9.95. The first-order chi connectivity index (χ1) is 15.8. The van der Waals surface area contributed by atoms with Crippen molar-refractivity contribution < 1.29 is 18.9 Å². The highest BCUT2D eigenvalue weighted by Gasteiger charge is 2.36. The van der Waals surface area contributed by atoms with Gasteiger partial charge in [-0.1, -0.05) is 0 Å². The second-order valence-electron chi connectivity index (χ2n) is 8.05. The number of allylic oxidation sites excluding steroid dienone is 1. The van der Waals surface area contributed by atoms with Gasteiger partial charge in [-0.3, -0.25) is 4.79 Å². The van der Waals surface area contributed by atoms with Crippen LogP contribution < -0.4 is 30.2 Å². The van der Waals surface area contributed by atoms with E-state index in [9.17, 15) is 10.1 Å². The Morgan fingerprint density at radius 3 is 2.33 bits per heavy atom. The van der Waals surface area contributed by atoms with Crippen LogP contribution in [0.3, 0.4) is 0 Å². The predicted octanol–water partition coefficient (Wildman–Crippen LogP) is 2.35. The normalized spacial score (nSPS) is 15.0. The molecule has 2 aromatic rings. The van der Waals surface area contributed by atoms with E-state index in [1.807, 2.05) is 21.0 Å². The van der Waals surface area contributed by atoms with Gasteiger partial charge in [0.2, 0.25) is 5.88 Å². The number of nitrogens with two attached hydrogens (primary N) is 1. The van der Waals surface area contributed by atoms with Crippen LogP contribution in [-0.4, -0.2) is 51.4 Å². The van der Waals surface area contributed by atoms with Crippen molar-refractivity contribution in [2.24, 2.45) is 5.73 Å². The van der Waals surface area contributed by atoms with Crippen LogP contribution in [0.4, 0.5) is 0 Å². The lowest BCUT2D eigenvalue weighted by Gasteiger charge is -2.28. The van der Waals surface area contributed by atoms with Gasteiger partial charge in [-0.25, -0.2) is 0 Å². The first-order valence-electron chi connectivity index (χ1n) is 10.5. The molecule has 2 N–H and O–H groups in total. The summed E-state index contributed by atoms with van der Waals surface area (Å²) < 4.78 is 23.9. The van der Waals surface area contributed by atoms with Gasteiger partial charge in [0.25, 0.3) is 5.56 Å². The van der Waals surface area contributed by atoms with Crippen molar-refractivity contribution in [3.8, 4) is 29.1 Å². The number of aryl methyl sites for hydroxylation is 1. The first kappa shape index (κ1) is 24.0. The predicted molar refractivity (Wildman–Crippen MR) is 124 cm³/mol. The van der Waals surface area contributed by atoms with E-state index < -0.39 is 5.92 Å². The van der Waals surface area contributed by atoms with Crippen molar-refractivity contribution in [1.29, 1.82) is 5.26 Å². The minimum Gasteiger partial charge on any atom is -0.496 e. The molecule has 1 aromatic heterocycles. The van der Waals surface area contributed by atoms with Crippen LogP contribution >= 0.6 is 0 Å². The number of hydrogen-bond acceptors (Lipinski definition) is 8. The number of hydrogen-bond donors (Lipinski definition) is 1. The lowest BCUT2D eigenvalue weighted by atomic mass is 9.83. The van der Waals surface area contributed by atoms with Crippen molar-refractivity contribution in [1.82, 2.24) is 9.47 Å². The Bertz CT molecular complexity index is 1180. The fourth-order valence-corrected chi connectivity index (χ4v) is 4.10. The number of benzene rings is 1. The van der Waals surface area contributed by atoms with Crippen LogP contribution in [0.25, 0.3) is 0 Å². The number of ether oxygens (including phenoxy) is 4. The van der Waals surface area contributed by atoms with Gasteiger partial charge in [-0.15, -0.1) is 0 Å². The minimum atomic E-state index is -0.790. The molecule has 2 heterocycles. The molecule has 33 heavy (non-hydrogen) atoms. The van der Waals surface area contributed by atoms with Crippen molar-refractivity contribution in [3.63, 3.8) is 0 Å². The highest BCUT2D eigenvalue weighted by Crippen LogP contribution is 2.46. The molecule has 1 aliphatic heterocycles. The van der Waals surface area contributed by atoms with Gasteiger partial charge in [0.15, 0.2) is 11.5 Å². The fraction of sp³-hybridized carbons (Fsp3) is 0.417. The number of methoxy groups -OCH3 is 3. The first-order valence-corrected chi connectivity index (χ1v) is 10.5. The number of fused-ring (bicyclic) bond motifs is 1. The maximum atomic E-state index is 13.7. The molecule has 1 aromatic carbocycles. The zero-order valence-electron chi connectivity index (χ0n) is 19.9. The Morgan fingerprint density at radius 2 is 1.76 bits per heavy atom. The van der Waals surface area contributed by atoms with Gasteiger partial charge < -0.3 is 34.1 Å². The highest BCUT2D eigenvalue weighted by atomic mass is 16.5. The van der Waals surface area contributed by atoms with Crippen LogP contribution in [0.15, 0.2) is 34.4 Å². The summed E-state index contributed by atoms with van der Waals surface area (Å²) in [4.78, 5) is 15.8. The summed E-state index contributed by atoms with van der Waals surface area (Å²) in [6.45, 7) is 3.22. The third kappa shape index (κ3) is 4.47. The largest absolute Gasteiger partial charge is 0.496 e. The second-order valence-corrected chi connectivity index (χ2v) is 8.05.